The molecule has 0 atom stereocenters. The number of hydrogen-bond acceptors (Lipinski definition) is 1. The van der Waals surface area contributed by atoms with Crippen LogP contribution in [0.2, 0.25) is 0 Å². The van der Waals surface area contributed by atoms with E-state index in [0.29, 0.717) is 0 Å². The van der Waals surface area contributed by atoms with Gasteiger partial charge in [-0.2, -0.15) is 0 Å². The number of amides is 1. The summed E-state index contributed by atoms with van der Waals surface area (Å²) in [5, 5.41) is 3.23. The zero-order valence-corrected chi connectivity index (χ0v) is 17.3. The molecule has 0 bridgehead atoms. The molecule has 0 spiro atoms. The van der Waals surface area contributed by atoms with Gasteiger partial charge in [0.2, 0.25) is 5.91 Å². The molecule has 4 aromatic rings. The maximum absolute atomic E-state index is 14.2. The minimum absolute atomic E-state index is 0.0712. The second-order valence-electron chi connectivity index (χ2n) is 7.62. The third kappa shape index (κ3) is 3.53. The van der Waals surface area contributed by atoms with E-state index < -0.39 is 5.41 Å². The van der Waals surface area contributed by atoms with Crippen LogP contribution in [0.4, 0.5) is 5.69 Å². The predicted molar refractivity (Wildman–Crippen MR) is 124 cm³/mol. The van der Waals surface area contributed by atoms with Crippen molar-refractivity contribution in [3.05, 3.63) is 137 Å². The lowest BCUT2D eigenvalue weighted by Crippen LogP contribution is -2.42. The molecular formula is C28H25NO. The summed E-state index contributed by atoms with van der Waals surface area (Å²) in [7, 11) is 0. The van der Waals surface area contributed by atoms with Gasteiger partial charge in [0.05, 0.1) is 0 Å². The SMILES string of the molecule is Cc1ccc(NC(=O)C(c2ccccc2)(c2ccccc2)c2ccccc2)c(C)c1. The van der Waals surface area contributed by atoms with Crippen molar-refractivity contribution in [3.8, 4) is 0 Å². The van der Waals surface area contributed by atoms with E-state index >= 15 is 0 Å². The lowest BCUT2D eigenvalue weighted by molar-refractivity contribution is -0.119. The van der Waals surface area contributed by atoms with Gasteiger partial charge in [0.15, 0.2) is 0 Å². The Labute approximate surface area is 178 Å². The van der Waals surface area contributed by atoms with E-state index in [9.17, 15) is 4.79 Å². The van der Waals surface area contributed by atoms with Crippen molar-refractivity contribution in [2.24, 2.45) is 0 Å². The molecule has 1 N–H and O–H groups in total. The Bertz CT molecular complexity index is 1040. The fraction of sp³-hybridized carbons (Fsp3) is 0.107. The first kappa shape index (κ1) is 19.7. The molecule has 2 heteroatoms. The van der Waals surface area contributed by atoms with E-state index in [-0.39, 0.29) is 5.91 Å². The Morgan fingerprint density at radius 2 is 1.07 bits per heavy atom. The van der Waals surface area contributed by atoms with E-state index in [4.69, 9.17) is 0 Å². The monoisotopic (exact) mass is 391 g/mol. The first-order chi connectivity index (χ1) is 14.6. The smallest absolute Gasteiger partial charge is 0.244 e. The Balaban J connectivity index is 1.96. The molecule has 0 aromatic heterocycles. The molecule has 0 radical (unpaired) electrons. The maximum Gasteiger partial charge on any atom is 0.244 e. The molecule has 4 rings (SSSR count). The highest BCUT2D eigenvalue weighted by Gasteiger charge is 2.43. The zero-order valence-electron chi connectivity index (χ0n) is 17.3. The molecule has 2 nitrogen and oxygen atoms in total. The van der Waals surface area contributed by atoms with E-state index in [1.54, 1.807) is 0 Å². The van der Waals surface area contributed by atoms with Crippen molar-refractivity contribution in [2.45, 2.75) is 19.3 Å². The number of benzene rings is 4. The molecular weight excluding hydrogens is 366 g/mol. The van der Waals surface area contributed by atoms with E-state index in [1.807, 2.05) is 110 Å². The maximum atomic E-state index is 14.2. The summed E-state index contributed by atoms with van der Waals surface area (Å²) in [6.45, 7) is 4.08. The van der Waals surface area contributed by atoms with Crippen LogP contribution >= 0.6 is 0 Å². The average molecular weight is 392 g/mol. The van der Waals surface area contributed by atoms with Gasteiger partial charge in [0.25, 0.3) is 0 Å². The van der Waals surface area contributed by atoms with Gasteiger partial charge in [-0.1, -0.05) is 109 Å². The van der Waals surface area contributed by atoms with Gasteiger partial charge in [-0.15, -0.1) is 0 Å². The molecule has 148 valence electrons. The van der Waals surface area contributed by atoms with Gasteiger partial charge in [-0.25, -0.2) is 0 Å². The second kappa shape index (κ2) is 8.38. The van der Waals surface area contributed by atoms with Crippen molar-refractivity contribution in [3.63, 3.8) is 0 Å². The summed E-state index contributed by atoms with van der Waals surface area (Å²) < 4.78 is 0. The average Bonchev–Trinajstić information content (AvgIpc) is 2.78. The number of nitrogens with one attached hydrogen (secondary N) is 1. The highest BCUT2D eigenvalue weighted by atomic mass is 16.2. The minimum atomic E-state index is -0.971. The predicted octanol–water partition coefficient (Wildman–Crippen LogP) is 6.28. The van der Waals surface area contributed by atoms with Gasteiger partial charge in [-0.05, 0) is 42.2 Å². The van der Waals surface area contributed by atoms with Crippen LogP contribution in [-0.4, -0.2) is 5.91 Å². The van der Waals surface area contributed by atoms with Crippen molar-refractivity contribution in [1.29, 1.82) is 0 Å². The molecule has 0 aliphatic carbocycles. The van der Waals surface area contributed by atoms with Gasteiger partial charge in [0, 0.05) is 5.69 Å². The van der Waals surface area contributed by atoms with Crippen LogP contribution in [0.5, 0.6) is 0 Å². The van der Waals surface area contributed by atoms with Crippen molar-refractivity contribution in [1.82, 2.24) is 0 Å². The standard InChI is InChI=1S/C28H25NO/c1-21-18-19-26(22(2)20-21)29-27(30)28(23-12-6-3-7-13-23,24-14-8-4-9-15-24)25-16-10-5-11-17-25/h3-20H,1-2H3,(H,29,30). The van der Waals surface area contributed by atoms with E-state index in [2.05, 4.69) is 18.3 Å². The molecule has 0 saturated carbocycles. The Morgan fingerprint density at radius 3 is 1.47 bits per heavy atom. The molecule has 0 saturated heterocycles. The Kier molecular flexibility index (Phi) is 5.49. The van der Waals surface area contributed by atoms with Crippen molar-refractivity contribution < 1.29 is 4.79 Å². The van der Waals surface area contributed by atoms with Gasteiger partial charge < -0.3 is 5.32 Å². The molecule has 1 amide bonds. The van der Waals surface area contributed by atoms with Crippen LogP contribution in [0.3, 0.4) is 0 Å². The summed E-state index contributed by atoms with van der Waals surface area (Å²) in [6.07, 6.45) is 0. The lowest BCUT2D eigenvalue weighted by Gasteiger charge is -2.34. The summed E-state index contributed by atoms with van der Waals surface area (Å²) in [5.74, 6) is -0.0712. The number of anilines is 1. The molecule has 0 aliphatic heterocycles. The zero-order chi connectivity index (χ0) is 21.0. The molecule has 0 heterocycles. The van der Waals surface area contributed by atoms with Crippen LogP contribution in [-0.2, 0) is 10.2 Å². The molecule has 0 unspecified atom stereocenters. The Hall–Kier alpha value is -3.65. The van der Waals surface area contributed by atoms with Crippen LogP contribution < -0.4 is 5.32 Å². The van der Waals surface area contributed by atoms with Crippen LogP contribution in [0, 0.1) is 13.8 Å². The van der Waals surface area contributed by atoms with Crippen molar-refractivity contribution >= 4 is 11.6 Å². The number of hydrogen-bond donors (Lipinski definition) is 1. The van der Waals surface area contributed by atoms with Crippen molar-refractivity contribution in [2.75, 3.05) is 5.32 Å². The quantitative estimate of drug-likeness (QED) is 0.399. The summed E-state index contributed by atoms with van der Waals surface area (Å²) >= 11 is 0. The molecule has 0 fully saturated rings. The number of aryl methyl sites for hydroxylation is 2. The first-order valence-corrected chi connectivity index (χ1v) is 10.2. The highest BCUT2D eigenvalue weighted by molar-refractivity contribution is 6.05. The molecule has 4 aromatic carbocycles. The third-order valence-electron chi connectivity index (χ3n) is 5.59. The highest BCUT2D eigenvalue weighted by Crippen LogP contribution is 2.40. The van der Waals surface area contributed by atoms with Gasteiger partial charge >= 0.3 is 0 Å². The van der Waals surface area contributed by atoms with Gasteiger partial charge in [-0.3, -0.25) is 4.79 Å². The fourth-order valence-corrected chi connectivity index (χ4v) is 4.13. The minimum Gasteiger partial charge on any atom is -0.324 e. The second-order valence-corrected chi connectivity index (χ2v) is 7.62. The van der Waals surface area contributed by atoms with E-state index in [0.717, 1.165) is 27.9 Å². The summed E-state index contributed by atoms with van der Waals surface area (Å²) in [5.41, 5.74) is 4.88. The topological polar surface area (TPSA) is 29.1 Å². The van der Waals surface area contributed by atoms with E-state index in [1.165, 1.54) is 5.56 Å². The normalized spacial score (nSPS) is 11.1. The lowest BCUT2D eigenvalue weighted by atomic mass is 9.68. The number of carbonyl (C=O) groups excluding carboxylic acids is 1. The van der Waals surface area contributed by atoms with Crippen LogP contribution in [0.25, 0.3) is 0 Å². The molecule has 0 aliphatic rings. The fourth-order valence-electron chi connectivity index (χ4n) is 4.13. The largest absolute Gasteiger partial charge is 0.324 e. The number of carbonyl (C=O) groups is 1. The number of rotatable bonds is 5. The van der Waals surface area contributed by atoms with Crippen LogP contribution in [0.15, 0.2) is 109 Å². The molecule has 30 heavy (non-hydrogen) atoms. The van der Waals surface area contributed by atoms with Gasteiger partial charge in [0.1, 0.15) is 5.41 Å². The summed E-state index contributed by atoms with van der Waals surface area (Å²) in [6, 6.07) is 36.1. The van der Waals surface area contributed by atoms with Crippen LogP contribution in [0.1, 0.15) is 27.8 Å². The Morgan fingerprint density at radius 1 is 0.633 bits per heavy atom. The third-order valence-corrected chi connectivity index (χ3v) is 5.59. The summed E-state index contributed by atoms with van der Waals surface area (Å²) in [4.78, 5) is 14.2. The first-order valence-electron chi connectivity index (χ1n) is 10.2.